The molecule has 0 saturated carbocycles. The summed E-state index contributed by atoms with van der Waals surface area (Å²) in [6.07, 6.45) is 1.55. The largest absolute Gasteiger partial charge is 0.493 e. The number of benzene rings is 1. The lowest BCUT2D eigenvalue weighted by Gasteiger charge is -2.06. The van der Waals surface area contributed by atoms with E-state index in [-0.39, 0.29) is 5.78 Å². The highest BCUT2D eigenvalue weighted by Crippen LogP contribution is 2.21. The van der Waals surface area contributed by atoms with Gasteiger partial charge in [0.05, 0.1) is 13.3 Å². The molecule has 2 rings (SSSR count). The molecule has 0 spiro atoms. The molecule has 0 unspecified atom stereocenters. The van der Waals surface area contributed by atoms with Crippen LogP contribution in [-0.4, -0.2) is 22.7 Å². The highest BCUT2D eigenvalue weighted by Gasteiger charge is 2.20. The molecule has 0 aliphatic heterocycles. The molecular weight excluding hydrogens is 230 g/mol. The van der Waals surface area contributed by atoms with E-state index in [1.165, 1.54) is 7.11 Å². The molecule has 0 saturated heterocycles. The molecule has 18 heavy (non-hydrogen) atoms. The van der Waals surface area contributed by atoms with E-state index in [9.17, 15) is 4.79 Å². The topological polar surface area (TPSA) is 70.1 Å². The van der Waals surface area contributed by atoms with Crippen molar-refractivity contribution in [1.82, 2.24) is 9.78 Å². The number of methoxy groups -OCH3 is 1. The molecule has 2 aromatic rings. The summed E-state index contributed by atoms with van der Waals surface area (Å²) in [6.45, 7) is 2.53. The predicted molar refractivity (Wildman–Crippen MR) is 68.7 cm³/mol. The van der Waals surface area contributed by atoms with Crippen LogP contribution in [0.4, 0.5) is 5.69 Å². The summed E-state index contributed by atoms with van der Waals surface area (Å²) in [4.78, 5) is 12.4. The third kappa shape index (κ3) is 2.07. The van der Waals surface area contributed by atoms with Gasteiger partial charge >= 0.3 is 0 Å². The van der Waals surface area contributed by atoms with Gasteiger partial charge < -0.3 is 10.5 Å². The molecule has 1 aromatic carbocycles. The Morgan fingerprint density at radius 1 is 1.39 bits per heavy atom. The molecule has 0 bridgehead atoms. The zero-order chi connectivity index (χ0) is 13.1. The first-order valence-corrected chi connectivity index (χ1v) is 5.67. The van der Waals surface area contributed by atoms with Gasteiger partial charge in [-0.2, -0.15) is 5.10 Å². The van der Waals surface area contributed by atoms with Crippen LogP contribution in [-0.2, 0) is 6.54 Å². The number of anilines is 1. The molecule has 0 radical (unpaired) electrons. The van der Waals surface area contributed by atoms with E-state index in [1.54, 1.807) is 35.1 Å². The van der Waals surface area contributed by atoms with Crippen molar-refractivity contribution in [3.8, 4) is 5.75 Å². The van der Waals surface area contributed by atoms with Gasteiger partial charge in [-0.25, -0.2) is 0 Å². The monoisotopic (exact) mass is 245 g/mol. The maximum atomic E-state index is 12.4. The maximum Gasteiger partial charge on any atom is 0.214 e. The van der Waals surface area contributed by atoms with E-state index < -0.39 is 0 Å². The average Bonchev–Trinajstić information content (AvgIpc) is 2.81. The molecule has 1 aromatic heterocycles. The van der Waals surface area contributed by atoms with Crippen LogP contribution in [0.5, 0.6) is 5.75 Å². The number of hydrogen-bond donors (Lipinski definition) is 1. The molecular formula is C13H15N3O2. The van der Waals surface area contributed by atoms with Crippen molar-refractivity contribution in [2.75, 3.05) is 12.8 Å². The van der Waals surface area contributed by atoms with E-state index in [0.29, 0.717) is 29.2 Å². The first-order chi connectivity index (χ1) is 8.67. The lowest BCUT2D eigenvalue weighted by Crippen LogP contribution is -2.11. The van der Waals surface area contributed by atoms with Crippen molar-refractivity contribution in [2.45, 2.75) is 13.5 Å². The third-order valence-corrected chi connectivity index (χ3v) is 2.71. The molecule has 2 N–H and O–H groups in total. The highest BCUT2D eigenvalue weighted by molar-refractivity contribution is 6.09. The fraction of sp³-hybridized carbons (Fsp3) is 0.231. The minimum Gasteiger partial charge on any atom is -0.493 e. The van der Waals surface area contributed by atoms with Gasteiger partial charge in [0, 0.05) is 17.8 Å². The molecule has 0 aliphatic carbocycles. The number of nitrogens with two attached hydrogens (primary N) is 1. The number of rotatable bonds is 4. The number of nitrogens with zero attached hydrogens (tertiary/aromatic N) is 2. The normalized spacial score (nSPS) is 10.3. The van der Waals surface area contributed by atoms with Gasteiger partial charge in [0.25, 0.3) is 0 Å². The van der Waals surface area contributed by atoms with Crippen molar-refractivity contribution in [3.63, 3.8) is 0 Å². The summed E-state index contributed by atoms with van der Waals surface area (Å²) in [5.41, 5.74) is 7.26. The fourth-order valence-corrected chi connectivity index (χ4v) is 1.76. The number of nitrogen functional groups attached to an aromatic ring is 1. The van der Waals surface area contributed by atoms with Crippen molar-refractivity contribution < 1.29 is 9.53 Å². The molecule has 0 aliphatic rings. The number of ketones is 1. The lowest BCUT2D eigenvalue weighted by atomic mass is 10.1. The Kier molecular flexibility index (Phi) is 3.32. The van der Waals surface area contributed by atoms with Crippen LogP contribution in [0.2, 0.25) is 0 Å². The van der Waals surface area contributed by atoms with Crippen molar-refractivity contribution >= 4 is 11.5 Å². The van der Waals surface area contributed by atoms with Crippen LogP contribution in [0.25, 0.3) is 0 Å². The van der Waals surface area contributed by atoms with Crippen LogP contribution in [0.3, 0.4) is 0 Å². The number of carbonyl (C=O) groups is 1. The second-order valence-electron chi connectivity index (χ2n) is 3.83. The van der Waals surface area contributed by atoms with E-state index >= 15 is 0 Å². The first-order valence-electron chi connectivity index (χ1n) is 5.67. The minimum absolute atomic E-state index is 0.119. The van der Waals surface area contributed by atoms with Gasteiger partial charge in [0.2, 0.25) is 5.78 Å². The van der Waals surface area contributed by atoms with Crippen LogP contribution >= 0.6 is 0 Å². The van der Waals surface area contributed by atoms with Gasteiger partial charge in [-0.05, 0) is 31.2 Å². The molecule has 0 amide bonds. The van der Waals surface area contributed by atoms with Crippen molar-refractivity contribution in [1.29, 1.82) is 0 Å². The summed E-state index contributed by atoms with van der Waals surface area (Å²) in [5, 5.41) is 4.12. The van der Waals surface area contributed by atoms with E-state index in [2.05, 4.69) is 5.10 Å². The van der Waals surface area contributed by atoms with E-state index in [4.69, 9.17) is 10.5 Å². The lowest BCUT2D eigenvalue weighted by molar-refractivity contribution is 0.102. The zero-order valence-corrected chi connectivity index (χ0v) is 10.4. The predicted octanol–water partition coefficient (Wildman–Crippen LogP) is 1.72. The number of carbonyl (C=O) groups excluding carboxylic acids is 1. The Balaban J connectivity index is 2.44. The molecule has 5 nitrogen and oxygen atoms in total. The Labute approximate surface area is 105 Å². The van der Waals surface area contributed by atoms with Crippen LogP contribution in [0.15, 0.2) is 30.5 Å². The SMILES string of the molecule is CCn1ncc(OC)c1C(=O)c1ccc(N)cc1. The highest BCUT2D eigenvalue weighted by atomic mass is 16.5. The van der Waals surface area contributed by atoms with E-state index in [0.717, 1.165) is 0 Å². The van der Waals surface area contributed by atoms with E-state index in [1.807, 2.05) is 6.92 Å². The number of aromatic nitrogens is 2. The second kappa shape index (κ2) is 4.91. The van der Waals surface area contributed by atoms with Gasteiger partial charge in [-0.1, -0.05) is 0 Å². The third-order valence-electron chi connectivity index (χ3n) is 2.71. The summed E-state index contributed by atoms with van der Waals surface area (Å²) in [5.74, 6) is 0.366. The fourth-order valence-electron chi connectivity index (χ4n) is 1.76. The van der Waals surface area contributed by atoms with Crippen molar-refractivity contribution in [2.24, 2.45) is 0 Å². The molecule has 5 heteroatoms. The van der Waals surface area contributed by atoms with Crippen LogP contribution < -0.4 is 10.5 Å². The Hall–Kier alpha value is -2.30. The Morgan fingerprint density at radius 3 is 2.61 bits per heavy atom. The summed E-state index contributed by atoms with van der Waals surface area (Å²) < 4.78 is 6.79. The number of aryl methyl sites for hydroxylation is 1. The summed E-state index contributed by atoms with van der Waals surface area (Å²) >= 11 is 0. The van der Waals surface area contributed by atoms with Crippen LogP contribution in [0, 0.1) is 0 Å². The zero-order valence-electron chi connectivity index (χ0n) is 10.4. The second-order valence-corrected chi connectivity index (χ2v) is 3.83. The number of hydrogen-bond acceptors (Lipinski definition) is 4. The average molecular weight is 245 g/mol. The summed E-state index contributed by atoms with van der Waals surface area (Å²) in [7, 11) is 1.52. The molecule has 0 atom stereocenters. The van der Waals surface area contributed by atoms with Gasteiger partial charge in [-0.3, -0.25) is 9.48 Å². The van der Waals surface area contributed by atoms with Gasteiger partial charge in [0.1, 0.15) is 0 Å². The Bertz CT molecular complexity index is 537. The minimum atomic E-state index is -0.119. The van der Waals surface area contributed by atoms with Gasteiger partial charge in [-0.15, -0.1) is 0 Å². The first kappa shape index (κ1) is 12.2. The smallest absolute Gasteiger partial charge is 0.214 e. The van der Waals surface area contributed by atoms with Crippen molar-refractivity contribution in [3.05, 3.63) is 41.7 Å². The summed E-state index contributed by atoms with van der Waals surface area (Å²) in [6, 6.07) is 6.80. The molecule has 94 valence electrons. The Morgan fingerprint density at radius 2 is 2.06 bits per heavy atom. The standard InChI is InChI=1S/C13H15N3O2/c1-3-16-12(11(18-2)8-15-16)13(17)9-4-6-10(14)7-5-9/h4-8H,3,14H2,1-2H3. The molecule has 0 fully saturated rings. The maximum absolute atomic E-state index is 12.4. The quantitative estimate of drug-likeness (QED) is 0.657. The van der Waals surface area contributed by atoms with Crippen LogP contribution in [0.1, 0.15) is 23.0 Å². The molecule has 1 heterocycles. The van der Waals surface area contributed by atoms with Gasteiger partial charge in [0.15, 0.2) is 11.4 Å². The number of ether oxygens (including phenoxy) is 1.